The zero-order valence-electron chi connectivity index (χ0n) is 14.4. The van der Waals surface area contributed by atoms with Crippen LogP contribution in [0, 0.1) is 12.8 Å². The molecule has 2 aromatic rings. The topological polar surface area (TPSA) is 82.5 Å². The van der Waals surface area contributed by atoms with Crippen LogP contribution in [0.5, 0.6) is 0 Å². The lowest BCUT2D eigenvalue weighted by atomic mass is 9.97. The fraction of sp³-hybridized carbons (Fsp3) is 0.389. The lowest BCUT2D eigenvalue weighted by Gasteiger charge is -2.29. The molecule has 0 atom stereocenters. The molecule has 1 aromatic carbocycles. The number of carboxylic acids is 1. The van der Waals surface area contributed by atoms with Gasteiger partial charge in [0.1, 0.15) is 0 Å². The van der Waals surface area contributed by atoms with Crippen LogP contribution in [0.2, 0.25) is 5.02 Å². The van der Waals surface area contributed by atoms with Gasteiger partial charge in [-0.05, 0) is 37.0 Å². The van der Waals surface area contributed by atoms with Crippen LogP contribution in [-0.4, -0.2) is 40.1 Å². The first-order valence-electron chi connectivity index (χ1n) is 8.41. The smallest absolute Gasteiger partial charge is 0.323 e. The second-order valence-electron chi connectivity index (χ2n) is 6.42. The highest BCUT2D eigenvalue weighted by atomic mass is 35.5. The molecule has 138 valence electrons. The number of amides is 2. The number of aliphatic carboxylic acids is 1. The molecular formula is C18H20ClN3O3S. The maximum absolute atomic E-state index is 12.3. The number of aromatic nitrogens is 1. The maximum Gasteiger partial charge on any atom is 0.323 e. The summed E-state index contributed by atoms with van der Waals surface area (Å²) in [6.45, 7) is 2.86. The Bertz CT molecular complexity index is 816. The molecular weight excluding hydrogens is 374 g/mol. The molecule has 3 rings (SSSR count). The minimum absolute atomic E-state index is 0.229. The van der Waals surface area contributed by atoms with Crippen molar-refractivity contribution in [3.05, 3.63) is 45.4 Å². The zero-order chi connectivity index (χ0) is 18.7. The number of rotatable bonds is 4. The number of hydrogen-bond acceptors (Lipinski definition) is 4. The van der Waals surface area contributed by atoms with E-state index < -0.39 is 5.97 Å². The highest BCUT2D eigenvalue weighted by Crippen LogP contribution is 2.25. The van der Waals surface area contributed by atoms with Crippen molar-refractivity contribution in [2.75, 3.05) is 18.4 Å². The standard InChI is InChI=1S/C18H20ClN3O3S/c1-11-2-3-12(9-15(11)19)8-14-10-20-17(26-14)21-18(25)22-6-4-13(5-7-22)16(23)24/h2-3,9-10,13H,4-8H2,1H3,(H,23,24)(H,20,21,25). The van der Waals surface area contributed by atoms with Gasteiger partial charge >= 0.3 is 12.0 Å². The molecule has 2 heterocycles. The first kappa shape index (κ1) is 18.7. The summed E-state index contributed by atoms with van der Waals surface area (Å²) in [4.78, 5) is 30.2. The Morgan fingerprint density at radius 2 is 2.12 bits per heavy atom. The molecule has 0 saturated carbocycles. The monoisotopic (exact) mass is 393 g/mol. The molecule has 1 fully saturated rings. The van der Waals surface area contributed by atoms with Crippen molar-refractivity contribution >= 4 is 40.1 Å². The molecule has 1 saturated heterocycles. The fourth-order valence-corrected chi connectivity index (χ4v) is 3.93. The third-order valence-corrected chi connectivity index (χ3v) is 5.83. The average molecular weight is 394 g/mol. The number of carbonyl (C=O) groups excluding carboxylic acids is 1. The predicted octanol–water partition coefficient (Wildman–Crippen LogP) is 4.02. The largest absolute Gasteiger partial charge is 0.481 e. The van der Waals surface area contributed by atoms with E-state index >= 15 is 0 Å². The molecule has 0 aliphatic carbocycles. The van der Waals surface area contributed by atoms with Gasteiger partial charge < -0.3 is 10.0 Å². The number of urea groups is 1. The van der Waals surface area contributed by atoms with Gasteiger partial charge in [-0.25, -0.2) is 9.78 Å². The van der Waals surface area contributed by atoms with E-state index in [1.807, 2.05) is 25.1 Å². The van der Waals surface area contributed by atoms with Crippen molar-refractivity contribution in [3.63, 3.8) is 0 Å². The van der Waals surface area contributed by atoms with Crippen LogP contribution in [0.15, 0.2) is 24.4 Å². The predicted molar refractivity (Wildman–Crippen MR) is 102 cm³/mol. The van der Waals surface area contributed by atoms with E-state index in [4.69, 9.17) is 16.7 Å². The van der Waals surface area contributed by atoms with Crippen LogP contribution in [-0.2, 0) is 11.2 Å². The van der Waals surface area contributed by atoms with Gasteiger partial charge in [-0.15, -0.1) is 11.3 Å². The summed E-state index contributed by atoms with van der Waals surface area (Å²) in [5, 5.41) is 13.1. The normalized spacial score (nSPS) is 15.1. The molecule has 1 aromatic heterocycles. The molecule has 2 amide bonds. The van der Waals surface area contributed by atoms with Crippen LogP contribution in [0.3, 0.4) is 0 Å². The number of carbonyl (C=O) groups is 2. The number of benzene rings is 1. The minimum atomic E-state index is -0.786. The number of thiazole rings is 1. The SMILES string of the molecule is Cc1ccc(Cc2cnc(NC(=O)N3CCC(C(=O)O)CC3)s2)cc1Cl. The van der Waals surface area contributed by atoms with Gasteiger partial charge in [0.25, 0.3) is 0 Å². The molecule has 1 aliphatic heterocycles. The van der Waals surface area contributed by atoms with Crippen molar-refractivity contribution in [2.24, 2.45) is 5.92 Å². The number of halogens is 1. The summed E-state index contributed by atoms with van der Waals surface area (Å²) in [7, 11) is 0. The number of piperidine rings is 1. The van der Waals surface area contributed by atoms with Crippen LogP contribution in [0.4, 0.5) is 9.93 Å². The van der Waals surface area contributed by atoms with Gasteiger partial charge in [-0.3, -0.25) is 10.1 Å². The molecule has 6 nitrogen and oxygen atoms in total. The molecule has 0 radical (unpaired) electrons. The second-order valence-corrected chi connectivity index (χ2v) is 7.94. The molecule has 0 unspecified atom stereocenters. The molecule has 0 bridgehead atoms. The van der Waals surface area contributed by atoms with Gasteiger partial charge in [0.15, 0.2) is 5.13 Å². The summed E-state index contributed by atoms with van der Waals surface area (Å²) in [6, 6.07) is 5.74. The third kappa shape index (κ3) is 4.53. The third-order valence-electron chi connectivity index (χ3n) is 4.51. The first-order chi connectivity index (χ1) is 12.4. The Kier molecular flexibility index (Phi) is 5.78. The van der Waals surface area contributed by atoms with Gasteiger partial charge in [-0.1, -0.05) is 23.7 Å². The summed E-state index contributed by atoms with van der Waals surface area (Å²) in [5.41, 5.74) is 2.14. The zero-order valence-corrected chi connectivity index (χ0v) is 15.9. The van der Waals surface area contributed by atoms with Gasteiger partial charge in [0.2, 0.25) is 0 Å². The van der Waals surface area contributed by atoms with E-state index in [0.29, 0.717) is 37.5 Å². The van der Waals surface area contributed by atoms with Crippen LogP contribution in [0.25, 0.3) is 0 Å². The van der Waals surface area contributed by atoms with Crippen LogP contribution >= 0.6 is 22.9 Å². The molecule has 8 heteroatoms. The fourth-order valence-electron chi connectivity index (χ4n) is 2.89. The van der Waals surface area contributed by atoms with Gasteiger partial charge in [-0.2, -0.15) is 0 Å². The highest BCUT2D eigenvalue weighted by Gasteiger charge is 2.27. The average Bonchev–Trinajstić information content (AvgIpc) is 3.05. The molecule has 1 aliphatic rings. The van der Waals surface area contributed by atoms with Crippen LogP contribution in [0.1, 0.15) is 28.8 Å². The quantitative estimate of drug-likeness (QED) is 0.821. The van der Waals surface area contributed by atoms with E-state index in [9.17, 15) is 9.59 Å². The minimum Gasteiger partial charge on any atom is -0.481 e. The Balaban J connectivity index is 1.55. The van der Waals surface area contributed by atoms with Crippen molar-refractivity contribution in [1.82, 2.24) is 9.88 Å². The Morgan fingerprint density at radius 1 is 1.38 bits per heavy atom. The van der Waals surface area contributed by atoms with E-state index in [0.717, 1.165) is 21.0 Å². The molecule has 0 spiro atoms. The summed E-state index contributed by atoms with van der Waals surface area (Å²) in [5.74, 6) is -1.14. The number of nitrogens with one attached hydrogen (secondary N) is 1. The number of anilines is 1. The summed E-state index contributed by atoms with van der Waals surface area (Å²) in [6.07, 6.45) is 3.43. The number of carboxylic acid groups (broad SMARTS) is 1. The Morgan fingerprint density at radius 3 is 2.77 bits per heavy atom. The highest BCUT2D eigenvalue weighted by molar-refractivity contribution is 7.15. The summed E-state index contributed by atoms with van der Waals surface area (Å²) < 4.78 is 0. The van der Waals surface area contributed by atoms with Crippen molar-refractivity contribution in [2.45, 2.75) is 26.2 Å². The Labute approximate surface area is 160 Å². The number of hydrogen-bond donors (Lipinski definition) is 2. The van der Waals surface area contributed by atoms with Crippen molar-refractivity contribution in [1.29, 1.82) is 0 Å². The maximum atomic E-state index is 12.3. The lowest BCUT2D eigenvalue weighted by Crippen LogP contribution is -2.42. The van der Waals surface area contributed by atoms with E-state index in [2.05, 4.69) is 10.3 Å². The van der Waals surface area contributed by atoms with E-state index in [-0.39, 0.29) is 11.9 Å². The first-order valence-corrected chi connectivity index (χ1v) is 9.60. The lowest BCUT2D eigenvalue weighted by molar-refractivity contribution is -0.143. The van der Waals surface area contributed by atoms with Gasteiger partial charge in [0, 0.05) is 35.6 Å². The molecule has 26 heavy (non-hydrogen) atoms. The molecule has 2 N–H and O–H groups in total. The number of aryl methyl sites for hydroxylation is 1. The van der Waals surface area contributed by atoms with E-state index in [1.165, 1.54) is 11.3 Å². The van der Waals surface area contributed by atoms with Gasteiger partial charge in [0.05, 0.1) is 5.92 Å². The van der Waals surface area contributed by atoms with Crippen molar-refractivity contribution < 1.29 is 14.7 Å². The van der Waals surface area contributed by atoms with Crippen molar-refractivity contribution in [3.8, 4) is 0 Å². The Hall–Kier alpha value is -2.12. The number of nitrogens with zero attached hydrogens (tertiary/aromatic N) is 2. The van der Waals surface area contributed by atoms with E-state index in [1.54, 1.807) is 11.1 Å². The second kappa shape index (κ2) is 8.05. The summed E-state index contributed by atoms with van der Waals surface area (Å²) >= 11 is 7.59. The van der Waals surface area contributed by atoms with Crippen LogP contribution < -0.4 is 5.32 Å². The number of likely N-dealkylation sites (tertiary alicyclic amines) is 1.